The van der Waals surface area contributed by atoms with Crippen molar-refractivity contribution in [1.82, 2.24) is 4.98 Å². The van der Waals surface area contributed by atoms with Gasteiger partial charge in [-0.25, -0.2) is 18.6 Å². The minimum Gasteiger partial charge on any atom is -0.477 e. The standard InChI is InChI=1S/C11H8F2N2O2S/c1-5-9(10(16)17)18-11(14-5)15-8-6(12)3-2-4-7(8)13/h2-4H,1H3,(H,14,15)(H,16,17). The second-order valence-corrected chi connectivity index (χ2v) is 4.46. The van der Waals surface area contributed by atoms with Gasteiger partial charge in [-0.05, 0) is 19.1 Å². The Kier molecular flexibility index (Phi) is 3.24. The Bertz CT molecular complexity index is 593. The van der Waals surface area contributed by atoms with E-state index in [0.717, 1.165) is 23.5 Å². The monoisotopic (exact) mass is 270 g/mol. The summed E-state index contributed by atoms with van der Waals surface area (Å²) in [6.07, 6.45) is 0. The molecule has 0 radical (unpaired) electrons. The summed E-state index contributed by atoms with van der Waals surface area (Å²) in [5.74, 6) is -2.65. The first kappa shape index (κ1) is 12.4. The van der Waals surface area contributed by atoms with Crippen LogP contribution in [0.15, 0.2) is 18.2 Å². The van der Waals surface area contributed by atoms with Gasteiger partial charge in [0.05, 0.1) is 5.69 Å². The molecule has 4 nitrogen and oxygen atoms in total. The van der Waals surface area contributed by atoms with Crippen LogP contribution in [0.4, 0.5) is 19.6 Å². The Morgan fingerprint density at radius 2 is 2.00 bits per heavy atom. The van der Waals surface area contributed by atoms with E-state index in [0.29, 0.717) is 5.69 Å². The first-order valence-electron chi connectivity index (χ1n) is 4.91. The molecular weight excluding hydrogens is 262 g/mol. The van der Waals surface area contributed by atoms with E-state index in [1.54, 1.807) is 0 Å². The second kappa shape index (κ2) is 4.69. The van der Waals surface area contributed by atoms with E-state index >= 15 is 0 Å². The average Bonchev–Trinajstić information content (AvgIpc) is 2.65. The molecule has 2 rings (SSSR count). The Morgan fingerprint density at radius 1 is 1.39 bits per heavy atom. The predicted molar refractivity (Wildman–Crippen MR) is 63.5 cm³/mol. The average molecular weight is 270 g/mol. The fraction of sp³-hybridized carbons (Fsp3) is 0.0909. The lowest BCUT2D eigenvalue weighted by Crippen LogP contribution is -1.96. The molecule has 0 saturated heterocycles. The van der Waals surface area contributed by atoms with Gasteiger partial charge in [-0.15, -0.1) is 0 Å². The molecule has 0 atom stereocenters. The van der Waals surface area contributed by atoms with E-state index in [1.165, 1.54) is 13.0 Å². The number of carbonyl (C=O) groups is 1. The van der Waals surface area contributed by atoms with Crippen LogP contribution >= 0.6 is 11.3 Å². The van der Waals surface area contributed by atoms with Crippen LogP contribution in [0.25, 0.3) is 0 Å². The number of halogens is 2. The Hall–Kier alpha value is -2.02. The Labute approximate surface area is 105 Å². The van der Waals surface area contributed by atoms with Gasteiger partial charge in [0.2, 0.25) is 0 Å². The number of benzene rings is 1. The number of carboxylic acid groups (broad SMARTS) is 1. The fourth-order valence-corrected chi connectivity index (χ4v) is 2.18. The van der Waals surface area contributed by atoms with Crippen LogP contribution in [0, 0.1) is 18.6 Å². The number of aromatic nitrogens is 1. The van der Waals surface area contributed by atoms with Crippen LogP contribution in [-0.4, -0.2) is 16.1 Å². The Balaban J connectivity index is 2.35. The number of nitrogens with zero attached hydrogens (tertiary/aromatic N) is 1. The summed E-state index contributed by atoms with van der Waals surface area (Å²) in [6.45, 7) is 1.52. The van der Waals surface area contributed by atoms with Gasteiger partial charge in [-0.1, -0.05) is 17.4 Å². The second-order valence-electron chi connectivity index (χ2n) is 3.46. The molecule has 1 aromatic heterocycles. The van der Waals surface area contributed by atoms with Crippen molar-refractivity contribution in [3.8, 4) is 0 Å². The number of rotatable bonds is 3. The lowest BCUT2D eigenvalue weighted by molar-refractivity contribution is 0.0701. The fourth-order valence-electron chi connectivity index (χ4n) is 1.37. The van der Waals surface area contributed by atoms with Crippen molar-refractivity contribution >= 4 is 28.1 Å². The third-order valence-corrected chi connectivity index (χ3v) is 3.25. The molecule has 0 saturated carbocycles. The zero-order valence-corrected chi connectivity index (χ0v) is 10.0. The van der Waals surface area contributed by atoms with Gasteiger partial charge in [-0.2, -0.15) is 0 Å². The lowest BCUT2D eigenvalue weighted by Gasteiger charge is -2.04. The number of hydrogen-bond donors (Lipinski definition) is 2. The molecule has 0 fully saturated rings. The molecule has 0 aliphatic heterocycles. The Morgan fingerprint density at radius 3 is 2.50 bits per heavy atom. The number of nitrogens with one attached hydrogen (secondary N) is 1. The molecule has 1 heterocycles. The summed E-state index contributed by atoms with van der Waals surface area (Å²) in [6, 6.07) is 3.44. The van der Waals surface area contributed by atoms with Crippen LogP contribution in [0.2, 0.25) is 0 Å². The largest absolute Gasteiger partial charge is 0.477 e. The predicted octanol–water partition coefficient (Wildman–Crippen LogP) is 3.17. The normalized spacial score (nSPS) is 10.4. The number of hydrogen-bond acceptors (Lipinski definition) is 4. The molecule has 0 unspecified atom stereocenters. The topological polar surface area (TPSA) is 62.2 Å². The highest BCUT2D eigenvalue weighted by molar-refractivity contribution is 7.17. The van der Waals surface area contributed by atoms with Gasteiger partial charge in [0.25, 0.3) is 0 Å². The summed E-state index contributed by atoms with van der Waals surface area (Å²) in [5, 5.41) is 11.4. The third-order valence-electron chi connectivity index (χ3n) is 2.19. The smallest absolute Gasteiger partial charge is 0.347 e. The number of anilines is 2. The first-order valence-corrected chi connectivity index (χ1v) is 5.72. The van der Waals surface area contributed by atoms with Gasteiger partial charge in [0.15, 0.2) is 5.13 Å². The highest BCUT2D eigenvalue weighted by Gasteiger charge is 2.16. The molecule has 2 N–H and O–H groups in total. The number of carboxylic acids is 1. The SMILES string of the molecule is Cc1nc(Nc2c(F)cccc2F)sc1C(=O)O. The van der Waals surface area contributed by atoms with Crippen LogP contribution in [0.5, 0.6) is 0 Å². The van der Waals surface area contributed by atoms with Crippen LogP contribution in [0.3, 0.4) is 0 Å². The van der Waals surface area contributed by atoms with Gasteiger partial charge in [-0.3, -0.25) is 0 Å². The van der Waals surface area contributed by atoms with Crippen molar-refractivity contribution in [2.24, 2.45) is 0 Å². The van der Waals surface area contributed by atoms with E-state index in [-0.39, 0.29) is 15.7 Å². The van der Waals surface area contributed by atoms with Gasteiger partial charge < -0.3 is 10.4 Å². The van der Waals surface area contributed by atoms with Crippen LogP contribution in [-0.2, 0) is 0 Å². The van der Waals surface area contributed by atoms with Crippen molar-refractivity contribution in [3.05, 3.63) is 40.4 Å². The van der Waals surface area contributed by atoms with Gasteiger partial charge in [0, 0.05) is 0 Å². The number of aryl methyl sites for hydroxylation is 1. The highest BCUT2D eigenvalue weighted by atomic mass is 32.1. The molecule has 2 aromatic rings. The molecule has 0 amide bonds. The molecule has 18 heavy (non-hydrogen) atoms. The number of thiazole rings is 1. The summed E-state index contributed by atoms with van der Waals surface area (Å²) in [7, 11) is 0. The zero-order valence-electron chi connectivity index (χ0n) is 9.20. The maximum absolute atomic E-state index is 13.4. The number of aromatic carboxylic acids is 1. The van der Waals surface area contributed by atoms with Crippen molar-refractivity contribution in [2.45, 2.75) is 6.92 Å². The van der Waals surface area contributed by atoms with E-state index in [4.69, 9.17) is 5.11 Å². The maximum atomic E-state index is 13.4. The summed E-state index contributed by atoms with van der Waals surface area (Å²) in [4.78, 5) is 14.8. The van der Waals surface area contributed by atoms with Gasteiger partial charge in [0.1, 0.15) is 22.2 Å². The molecule has 0 bridgehead atoms. The third kappa shape index (κ3) is 2.30. The number of para-hydroxylation sites is 1. The van der Waals surface area contributed by atoms with Gasteiger partial charge >= 0.3 is 5.97 Å². The van der Waals surface area contributed by atoms with Crippen molar-refractivity contribution in [3.63, 3.8) is 0 Å². The minimum absolute atomic E-state index is 0.0363. The quantitative estimate of drug-likeness (QED) is 0.899. The summed E-state index contributed by atoms with van der Waals surface area (Å²) >= 11 is 0.825. The van der Waals surface area contributed by atoms with Crippen LogP contribution in [0.1, 0.15) is 15.4 Å². The minimum atomic E-state index is -1.12. The summed E-state index contributed by atoms with van der Waals surface area (Å²) < 4.78 is 26.7. The summed E-state index contributed by atoms with van der Waals surface area (Å²) in [5.41, 5.74) is -0.0464. The van der Waals surface area contributed by atoms with E-state index in [2.05, 4.69) is 10.3 Å². The van der Waals surface area contributed by atoms with E-state index in [9.17, 15) is 13.6 Å². The van der Waals surface area contributed by atoms with E-state index in [1.807, 2.05) is 0 Å². The van der Waals surface area contributed by atoms with Crippen molar-refractivity contribution in [1.29, 1.82) is 0 Å². The highest BCUT2D eigenvalue weighted by Crippen LogP contribution is 2.28. The molecule has 7 heteroatoms. The molecule has 0 aliphatic carbocycles. The van der Waals surface area contributed by atoms with Crippen LogP contribution < -0.4 is 5.32 Å². The van der Waals surface area contributed by atoms with E-state index < -0.39 is 17.6 Å². The zero-order chi connectivity index (χ0) is 13.3. The van der Waals surface area contributed by atoms with Crippen molar-refractivity contribution in [2.75, 3.05) is 5.32 Å². The first-order chi connectivity index (χ1) is 8.49. The lowest BCUT2D eigenvalue weighted by atomic mass is 10.3. The maximum Gasteiger partial charge on any atom is 0.347 e. The molecule has 94 valence electrons. The molecule has 0 aliphatic rings. The molecule has 0 spiro atoms. The molecular formula is C11H8F2N2O2S. The van der Waals surface area contributed by atoms with Crippen molar-refractivity contribution < 1.29 is 18.7 Å². The molecule has 1 aromatic carbocycles.